The molecule has 2 rings (SSSR count). The normalized spacial score (nSPS) is 23.3. The zero-order chi connectivity index (χ0) is 13.3. The number of amides is 2. The summed E-state index contributed by atoms with van der Waals surface area (Å²) in [6.45, 7) is 10.4. The van der Waals surface area contributed by atoms with Crippen LogP contribution in [0.15, 0.2) is 0 Å². The molecule has 0 radical (unpaired) electrons. The van der Waals surface area contributed by atoms with E-state index < -0.39 is 0 Å². The maximum Gasteiger partial charge on any atom is 0.322 e. The van der Waals surface area contributed by atoms with Crippen LogP contribution in [0.1, 0.15) is 27.2 Å². The second-order valence-electron chi connectivity index (χ2n) is 5.60. The van der Waals surface area contributed by atoms with E-state index >= 15 is 0 Å². The van der Waals surface area contributed by atoms with Crippen molar-refractivity contribution in [2.24, 2.45) is 0 Å². The molecule has 0 aromatic rings. The van der Waals surface area contributed by atoms with Gasteiger partial charge in [-0.1, -0.05) is 0 Å². The second kappa shape index (κ2) is 5.05. The zero-order valence-electron chi connectivity index (χ0n) is 12.0. The lowest BCUT2D eigenvalue weighted by molar-refractivity contribution is -0.242. The molecule has 2 aliphatic heterocycles. The van der Waals surface area contributed by atoms with Crippen LogP contribution in [0, 0.1) is 0 Å². The SMILES string of the molecule is CCN(C)C(=O)N1CCCOC12CN(C(C)C)C2. The third-order valence-electron chi connectivity index (χ3n) is 4.05. The summed E-state index contributed by atoms with van der Waals surface area (Å²) in [5, 5.41) is 0. The number of likely N-dealkylation sites (tertiary alicyclic amines) is 1. The predicted octanol–water partition coefficient (Wildman–Crippen LogP) is 1.20. The van der Waals surface area contributed by atoms with Crippen molar-refractivity contribution < 1.29 is 9.53 Å². The quantitative estimate of drug-likeness (QED) is 0.744. The van der Waals surface area contributed by atoms with Crippen molar-refractivity contribution in [3.05, 3.63) is 0 Å². The number of hydrogen-bond donors (Lipinski definition) is 0. The first-order valence-corrected chi connectivity index (χ1v) is 6.91. The van der Waals surface area contributed by atoms with Gasteiger partial charge in [0.15, 0.2) is 5.72 Å². The first-order valence-electron chi connectivity index (χ1n) is 6.91. The van der Waals surface area contributed by atoms with Crippen molar-refractivity contribution >= 4 is 6.03 Å². The van der Waals surface area contributed by atoms with Gasteiger partial charge in [-0.3, -0.25) is 9.80 Å². The summed E-state index contributed by atoms with van der Waals surface area (Å²) in [5.41, 5.74) is -0.358. The fourth-order valence-electron chi connectivity index (χ4n) is 2.59. The molecule has 0 saturated carbocycles. The van der Waals surface area contributed by atoms with E-state index in [1.54, 1.807) is 4.90 Å². The second-order valence-corrected chi connectivity index (χ2v) is 5.60. The Labute approximate surface area is 110 Å². The van der Waals surface area contributed by atoms with Crippen molar-refractivity contribution in [3.63, 3.8) is 0 Å². The number of hydrogen-bond acceptors (Lipinski definition) is 3. The van der Waals surface area contributed by atoms with Gasteiger partial charge in [0.05, 0.1) is 6.61 Å². The molecule has 104 valence electrons. The van der Waals surface area contributed by atoms with Crippen molar-refractivity contribution in [3.8, 4) is 0 Å². The minimum absolute atomic E-state index is 0.0978. The van der Waals surface area contributed by atoms with Gasteiger partial charge in [-0.15, -0.1) is 0 Å². The summed E-state index contributed by atoms with van der Waals surface area (Å²) < 4.78 is 5.95. The summed E-state index contributed by atoms with van der Waals surface area (Å²) in [6, 6.07) is 0.614. The van der Waals surface area contributed by atoms with E-state index in [2.05, 4.69) is 18.7 Å². The number of carbonyl (C=O) groups excluding carboxylic acids is 1. The number of nitrogens with zero attached hydrogens (tertiary/aromatic N) is 3. The molecule has 0 unspecified atom stereocenters. The number of urea groups is 1. The molecule has 0 N–H and O–H groups in total. The predicted molar refractivity (Wildman–Crippen MR) is 70.4 cm³/mol. The molecule has 5 heteroatoms. The Morgan fingerprint density at radius 1 is 1.44 bits per heavy atom. The van der Waals surface area contributed by atoms with Gasteiger partial charge in [0.2, 0.25) is 0 Å². The summed E-state index contributed by atoms with van der Waals surface area (Å²) in [4.78, 5) is 18.4. The molecule has 18 heavy (non-hydrogen) atoms. The van der Waals surface area contributed by atoms with Crippen molar-refractivity contribution in [2.75, 3.05) is 39.8 Å². The molecule has 0 aromatic carbocycles. The Hall–Kier alpha value is -0.810. The highest BCUT2D eigenvalue weighted by atomic mass is 16.5. The number of ether oxygens (including phenoxy) is 1. The van der Waals surface area contributed by atoms with E-state index in [9.17, 15) is 4.79 Å². The fourth-order valence-corrected chi connectivity index (χ4v) is 2.59. The minimum Gasteiger partial charge on any atom is -0.353 e. The zero-order valence-corrected chi connectivity index (χ0v) is 12.0. The van der Waals surface area contributed by atoms with Gasteiger partial charge in [-0.25, -0.2) is 4.79 Å². The highest BCUT2D eigenvalue weighted by Gasteiger charge is 2.53. The molecule has 0 aromatic heterocycles. The molecular formula is C13H25N3O2. The van der Waals surface area contributed by atoms with Gasteiger partial charge in [0.25, 0.3) is 0 Å². The molecule has 0 atom stereocenters. The first kappa shape index (κ1) is 13.6. The Morgan fingerprint density at radius 3 is 2.67 bits per heavy atom. The van der Waals surface area contributed by atoms with Crippen LogP contribution >= 0.6 is 0 Å². The van der Waals surface area contributed by atoms with Gasteiger partial charge in [0.1, 0.15) is 0 Å². The van der Waals surface area contributed by atoms with Crippen LogP contribution in [0.3, 0.4) is 0 Å². The molecule has 1 spiro atoms. The van der Waals surface area contributed by atoms with Crippen molar-refractivity contribution in [1.29, 1.82) is 0 Å². The fraction of sp³-hybridized carbons (Fsp3) is 0.923. The third-order valence-corrected chi connectivity index (χ3v) is 4.05. The van der Waals surface area contributed by atoms with Crippen LogP contribution in [0.25, 0.3) is 0 Å². The van der Waals surface area contributed by atoms with Gasteiger partial charge in [-0.2, -0.15) is 0 Å². The van der Waals surface area contributed by atoms with Crippen molar-refractivity contribution in [2.45, 2.75) is 39.0 Å². The summed E-state index contributed by atoms with van der Waals surface area (Å²) in [5.74, 6) is 0. The standard InChI is InChI=1S/C13H25N3O2/c1-5-14(4)12(17)16-7-6-8-18-13(16)9-15(10-13)11(2)3/h11H,5-10H2,1-4H3. The molecule has 2 amide bonds. The molecule has 2 aliphatic rings. The highest BCUT2D eigenvalue weighted by Crippen LogP contribution is 2.34. The highest BCUT2D eigenvalue weighted by molar-refractivity contribution is 5.75. The Morgan fingerprint density at radius 2 is 2.11 bits per heavy atom. The van der Waals surface area contributed by atoms with Gasteiger partial charge in [0, 0.05) is 39.3 Å². The maximum atomic E-state index is 12.4. The van der Waals surface area contributed by atoms with Gasteiger partial charge < -0.3 is 9.64 Å². The van der Waals surface area contributed by atoms with E-state index in [0.717, 1.165) is 39.2 Å². The molecule has 2 saturated heterocycles. The molecule has 0 aliphatic carbocycles. The average molecular weight is 255 g/mol. The van der Waals surface area contributed by atoms with Crippen LogP contribution in [-0.2, 0) is 4.74 Å². The lowest BCUT2D eigenvalue weighted by atomic mass is 9.98. The molecule has 0 bridgehead atoms. The summed E-state index contributed by atoms with van der Waals surface area (Å²) in [7, 11) is 1.85. The maximum absolute atomic E-state index is 12.4. The molecule has 5 nitrogen and oxygen atoms in total. The van der Waals surface area contributed by atoms with Crippen LogP contribution in [-0.4, -0.2) is 72.3 Å². The Bertz CT molecular complexity index is 313. The third kappa shape index (κ3) is 2.21. The van der Waals surface area contributed by atoms with Crippen molar-refractivity contribution in [1.82, 2.24) is 14.7 Å². The van der Waals surface area contributed by atoms with E-state index in [4.69, 9.17) is 4.74 Å². The monoisotopic (exact) mass is 255 g/mol. The summed E-state index contributed by atoms with van der Waals surface area (Å²) in [6.07, 6.45) is 0.937. The molecule has 2 heterocycles. The van der Waals surface area contributed by atoms with Gasteiger partial charge >= 0.3 is 6.03 Å². The largest absolute Gasteiger partial charge is 0.353 e. The Kier molecular flexibility index (Phi) is 3.82. The molecular weight excluding hydrogens is 230 g/mol. The van der Waals surface area contributed by atoms with E-state index in [1.165, 1.54) is 0 Å². The summed E-state index contributed by atoms with van der Waals surface area (Å²) >= 11 is 0. The first-order chi connectivity index (χ1) is 8.50. The minimum atomic E-state index is -0.358. The van der Waals surface area contributed by atoms with E-state index in [-0.39, 0.29) is 11.8 Å². The average Bonchev–Trinajstić information content (AvgIpc) is 2.33. The topological polar surface area (TPSA) is 36.0 Å². The lowest BCUT2D eigenvalue weighted by Gasteiger charge is -2.58. The van der Waals surface area contributed by atoms with Crippen LogP contribution < -0.4 is 0 Å². The van der Waals surface area contributed by atoms with Gasteiger partial charge in [-0.05, 0) is 27.2 Å². The Balaban J connectivity index is 2.06. The van der Waals surface area contributed by atoms with E-state index in [0.29, 0.717) is 6.04 Å². The smallest absolute Gasteiger partial charge is 0.322 e. The van der Waals surface area contributed by atoms with Crippen LogP contribution in [0.5, 0.6) is 0 Å². The molecule has 2 fully saturated rings. The number of carbonyl (C=O) groups is 1. The van der Waals surface area contributed by atoms with Crippen LogP contribution in [0.4, 0.5) is 4.79 Å². The van der Waals surface area contributed by atoms with E-state index in [1.807, 2.05) is 18.9 Å². The van der Waals surface area contributed by atoms with Crippen LogP contribution in [0.2, 0.25) is 0 Å². The lowest BCUT2D eigenvalue weighted by Crippen LogP contribution is -2.76. The number of rotatable bonds is 2.